The van der Waals surface area contributed by atoms with Gasteiger partial charge in [0.25, 0.3) is 0 Å². The van der Waals surface area contributed by atoms with Gasteiger partial charge in [0.1, 0.15) is 0 Å². The molecule has 116 valence electrons. The minimum absolute atomic E-state index is 0. The third-order valence-electron chi connectivity index (χ3n) is 3.68. The topological polar surface area (TPSA) is 58.4 Å². The molecular weight excluding hydrogens is 285 g/mol. The monoisotopic (exact) mass is 313 g/mol. The van der Waals surface area contributed by atoms with Crippen molar-refractivity contribution >= 4 is 30.7 Å². The molecule has 0 aromatic heterocycles. The molecule has 0 aromatic carbocycles. The first-order valence-electron chi connectivity index (χ1n) is 6.76. The van der Waals surface area contributed by atoms with Crippen molar-refractivity contribution in [3.05, 3.63) is 0 Å². The van der Waals surface area contributed by atoms with Gasteiger partial charge in [-0.25, -0.2) is 0 Å². The Morgan fingerprint density at radius 3 is 2.58 bits per heavy atom. The Morgan fingerprint density at radius 1 is 1.42 bits per heavy atom. The summed E-state index contributed by atoms with van der Waals surface area (Å²) in [6.45, 7) is 9.82. The predicted molar refractivity (Wildman–Crippen MR) is 85.2 cm³/mol. The van der Waals surface area contributed by atoms with Gasteiger partial charge in [0.05, 0.1) is 0 Å². The Labute approximate surface area is 129 Å². The van der Waals surface area contributed by atoms with E-state index in [1.54, 1.807) is 0 Å². The first-order valence-corrected chi connectivity index (χ1v) is 6.76. The number of nitrogens with two attached hydrogens (primary N) is 1. The van der Waals surface area contributed by atoms with Gasteiger partial charge in [-0.3, -0.25) is 9.69 Å². The fourth-order valence-corrected chi connectivity index (χ4v) is 2.28. The number of piperidine rings is 1. The Balaban J connectivity index is 0. The molecule has 6 heteroatoms. The highest BCUT2D eigenvalue weighted by atomic mass is 35.5. The molecule has 0 aliphatic carbocycles. The lowest BCUT2D eigenvalue weighted by molar-refractivity contribution is -0.124. The molecule has 3 atom stereocenters. The van der Waals surface area contributed by atoms with E-state index in [4.69, 9.17) is 5.73 Å². The highest BCUT2D eigenvalue weighted by Gasteiger charge is 2.21. The van der Waals surface area contributed by atoms with E-state index in [2.05, 4.69) is 24.1 Å². The van der Waals surface area contributed by atoms with E-state index >= 15 is 0 Å². The van der Waals surface area contributed by atoms with Crippen molar-refractivity contribution in [2.45, 2.75) is 39.7 Å². The highest BCUT2D eigenvalue weighted by molar-refractivity contribution is 5.85. The number of halogens is 2. The van der Waals surface area contributed by atoms with Crippen molar-refractivity contribution < 1.29 is 4.79 Å². The molecule has 3 unspecified atom stereocenters. The fraction of sp³-hybridized carbons (Fsp3) is 0.923. The van der Waals surface area contributed by atoms with E-state index in [-0.39, 0.29) is 36.6 Å². The number of amides is 1. The second-order valence-electron chi connectivity index (χ2n) is 5.47. The van der Waals surface area contributed by atoms with Crippen LogP contribution in [-0.4, -0.2) is 43.0 Å². The van der Waals surface area contributed by atoms with Gasteiger partial charge in [0, 0.05) is 31.6 Å². The first-order chi connectivity index (χ1) is 8.04. The van der Waals surface area contributed by atoms with E-state index in [9.17, 15) is 4.79 Å². The van der Waals surface area contributed by atoms with Crippen LogP contribution in [0.15, 0.2) is 0 Å². The molecule has 4 nitrogen and oxygen atoms in total. The zero-order chi connectivity index (χ0) is 12.8. The lowest BCUT2D eigenvalue weighted by atomic mass is 9.99. The molecule has 1 aliphatic rings. The average molecular weight is 314 g/mol. The summed E-state index contributed by atoms with van der Waals surface area (Å²) in [6.07, 6.45) is 2.61. The number of nitrogens with zero attached hydrogens (tertiary/aromatic N) is 1. The highest BCUT2D eigenvalue weighted by Crippen LogP contribution is 2.17. The quantitative estimate of drug-likeness (QED) is 0.811. The number of carbonyl (C=O) groups is 1. The normalized spacial score (nSPS) is 22.6. The largest absolute Gasteiger partial charge is 0.354 e. The first kappa shape index (κ1) is 21.3. The van der Waals surface area contributed by atoms with Crippen molar-refractivity contribution in [1.82, 2.24) is 10.2 Å². The van der Waals surface area contributed by atoms with E-state index in [0.717, 1.165) is 25.6 Å². The summed E-state index contributed by atoms with van der Waals surface area (Å²) < 4.78 is 0. The number of rotatable bonds is 5. The third kappa shape index (κ3) is 7.35. The smallest absolute Gasteiger partial charge is 0.224 e. The van der Waals surface area contributed by atoms with E-state index in [1.165, 1.54) is 12.8 Å². The van der Waals surface area contributed by atoms with Gasteiger partial charge in [0.2, 0.25) is 5.91 Å². The zero-order valence-corrected chi connectivity index (χ0v) is 13.9. The van der Waals surface area contributed by atoms with Gasteiger partial charge >= 0.3 is 0 Å². The van der Waals surface area contributed by atoms with Crippen LogP contribution in [0.25, 0.3) is 0 Å². The van der Waals surface area contributed by atoms with Gasteiger partial charge in [-0.15, -0.1) is 24.8 Å². The molecule has 0 aromatic rings. The predicted octanol–water partition coefficient (Wildman–Crippen LogP) is 1.66. The number of carbonyl (C=O) groups excluding carboxylic acids is 1. The summed E-state index contributed by atoms with van der Waals surface area (Å²) in [5.41, 5.74) is 5.47. The fourth-order valence-electron chi connectivity index (χ4n) is 2.28. The Kier molecular flexibility index (Phi) is 12.0. The molecule has 1 saturated heterocycles. The molecule has 19 heavy (non-hydrogen) atoms. The number of nitrogens with one attached hydrogen (secondary N) is 1. The summed E-state index contributed by atoms with van der Waals surface area (Å²) in [6, 6.07) is 0.423. The van der Waals surface area contributed by atoms with Crippen LogP contribution in [0.1, 0.15) is 33.6 Å². The molecule has 1 amide bonds. The molecule has 1 aliphatic heterocycles. The minimum atomic E-state index is -0.0810. The summed E-state index contributed by atoms with van der Waals surface area (Å²) in [7, 11) is 0. The molecule has 0 radical (unpaired) electrons. The number of hydrogen-bond acceptors (Lipinski definition) is 3. The molecule has 0 bridgehead atoms. The van der Waals surface area contributed by atoms with Crippen molar-refractivity contribution in [1.29, 1.82) is 0 Å². The molecule has 3 N–H and O–H groups in total. The van der Waals surface area contributed by atoms with Gasteiger partial charge in [-0.2, -0.15) is 0 Å². The molecule has 0 saturated carbocycles. The van der Waals surface area contributed by atoms with Crippen LogP contribution < -0.4 is 11.1 Å². The standard InChI is InChI=1S/C13H27N3O.2ClH/c1-10-5-4-6-16(9-10)12(3)8-15-13(17)11(2)7-14;;/h10-12H,4-9,14H2,1-3H3,(H,15,17);2*1H. The lowest BCUT2D eigenvalue weighted by Crippen LogP contribution is -2.47. The van der Waals surface area contributed by atoms with Crippen LogP contribution >= 0.6 is 24.8 Å². The molecule has 0 spiro atoms. The van der Waals surface area contributed by atoms with Crippen LogP contribution in [0.5, 0.6) is 0 Å². The van der Waals surface area contributed by atoms with E-state index in [1.807, 2.05) is 6.92 Å². The maximum absolute atomic E-state index is 11.6. The number of likely N-dealkylation sites (tertiary alicyclic amines) is 1. The molecule has 1 heterocycles. The molecule has 1 rings (SSSR count). The van der Waals surface area contributed by atoms with E-state index in [0.29, 0.717) is 12.6 Å². The van der Waals surface area contributed by atoms with Crippen LogP contribution in [0.4, 0.5) is 0 Å². The lowest BCUT2D eigenvalue weighted by Gasteiger charge is -2.35. The Morgan fingerprint density at radius 2 is 2.05 bits per heavy atom. The van der Waals surface area contributed by atoms with Gasteiger partial charge in [-0.05, 0) is 32.2 Å². The van der Waals surface area contributed by atoms with Crippen molar-refractivity contribution in [3.8, 4) is 0 Å². The SMILES string of the molecule is CC1CCCN(C(C)CNC(=O)C(C)CN)C1.Cl.Cl. The van der Waals surface area contributed by atoms with Gasteiger partial charge in [-0.1, -0.05) is 13.8 Å². The maximum Gasteiger partial charge on any atom is 0.224 e. The van der Waals surface area contributed by atoms with Crippen LogP contribution in [-0.2, 0) is 4.79 Å². The van der Waals surface area contributed by atoms with Crippen LogP contribution in [0.3, 0.4) is 0 Å². The second-order valence-corrected chi connectivity index (χ2v) is 5.47. The summed E-state index contributed by atoms with van der Waals surface area (Å²) in [5, 5.41) is 2.98. The van der Waals surface area contributed by atoms with Gasteiger partial charge < -0.3 is 11.1 Å². The summed E-state index contributed by atoms with van der Waals surface area (Å²) in [4.78, 5) is 14.1. The summed E-state index contributed by atoms with van der Waals surface area (Å²) >= 11 is 0. The maximum atomic E-state index is 11.6. The Bertz CT molecular complexity index is 254. The average Bonchev–Trinajstić information content (AvgIpc) is 2.34. The molecular formula is C13H29Cl2N3O. The van der Waals surface area contributed by atoms with Crippen LogP contribution in [0, 0.1) is 11.8 Å². The minimum Gasteiger partial charge on any atom is -0.354 e. The zero-order valence-electron chi connectivity index (χ0n) is 12.2. The molecule has 1 fully saturated rings. The summed E-state index contributed by atoms with van der Waals surface area (Å²) in [5.74, 6) is 0.775. The third-order valence-corrected chi connectivity index (χ3v) is 3.68. The van der Waals surface area contributed by atoms with E-state index < -0.39 is 0 Å². The number of hydrogen-bond donors (Lipinski definition) is 2. The second kappa shape index (κ2) is 10.7. The van der Waals surface area contributed by atoms with Crippen molar-refractivity contribution in [2.24, 2.45) is 17.6 Å². The van der Waals surface area contributed by atoms with Gasteiger partial charge in [0.15, 0.2) is 0 Å². The Hall–Kier alpha value is -0.0300. The van der Waals surface area contributed by atoms with Crippen molar-refractivity contribution in [3.63, 3.8) is 0 Å². The van der Waals surface area contributed by atoms with Crippen molar-refractivity contribution in [2.75, 3.05) is 26.2 Å². The van der Waals surface area contributed by atoms with Crippen LogP contribution in [0.2, 0.25) is 0 Å².